The molecule has 0 unspecified atom stereocenters. The van der Waals surface area contributed by atoms with E-state index in [2.05, 4.69) is 10.3 Å². The smallest absolute Gasteiger partial charge is 0.233 e. The van der Waals surface area contributed by atoms with Crippen LogP contribution in [0.15, 0.2) is 41.8 Å². The van der Waals surface area contributed by atoms with E-state index in [4.69, 9.17) is 4.74 Å². The summed E-state index contributed by atoms with van der Waals surface area (Å²) in [6.45, 7) is 1.86. The molecule has 1 N–H and O–H groups in total. The van der Waals surface area contributed by atoms with Crippen molar-refractivity contribution in [2.45, 2.75) is 17.3 Å². The minimum Gasteiger partial charge on any atom is -0.497 e. The topological polar surface area (TPSA) is 56.2 Å². The van der Waals surface area contributed by atoms with E-state index < -0.39 is 0 Å². The largest absolute Gasteiger partial charge is 0.497 e. The number of imidazole rings is 1. The highest BCUT2D eigenvalue weighted by molar-refractivity contribution is 8.00. The van der Waals surface area contributed by atoms with Crippen LogP contribution in [0.1, 0.15) is 6.92 Å². The third-order valence-electron chi connectivity index (χ3n) is 2.84. The molecule has 6 heteroatoms. The average molecular weight is 291 g/mol. The lowest BCUT2D eigenvalue weighted by molar-refractivity contribution is -0.119. The Morgan fingerprint density at radius 2 is 2.30 bits per heavy atom. The summed E-state index contributed by atoms with van der Waals surface area (Å²) in [7, 11) is 3.27. The molecule has 2 aromatic rings. The molecular formula is C14H17N3O2S. The summed E-state index contributed by atoms with van der Waals surface area (Å²) in [5.74, 6) is 0.765. The van der Waals surface area contributed by atoms with E-state index in [0.29, 0.717) is 0 Å². The van der Waals surface area contributed by atoms with Crippen molar-refractivity contribution < 1.29 is 9.53 Å². The highest BCUT2D eigenvalue weighted by Gasteiger charge is 2.16. The number of carbonyl (C=O) groups is 1. The van der Waals surface area contributed by atoms with Crippen molar-refractivity contribution in [2.24, 2.45) is 0 Å². The monoisotopic (exact) mass is 291 g/mol. The maximum Gasteiger partial charge on any atom is 0.233 e. The van der Waals surface area contributed by atoms with Crippen molar-refractivity contribution in [3.8, 4) is 11.4 Å². The van der Waals surface area contributed by atoms with E-state index in [0.717, 1.165) is 16.6 Å². The second-order valence-corrected chi connectivity index (χ2v) is 5.46. The third-order valence-corrected chi connectivity index (χ3v) is 3.92. The number of aromatic nitrogens is 2. The Balaban J connectivity index is 2.26. The van der Waals surface area contributed by atoms with Gasteiger partial charge in [-0.15, -0.1) is 0 Å². The van der Waals surface area contributed by atoms with Crippen LogP contribution in [0, 0.1) is 0 Å². The Labute approximate surface area is 122 Å². The van der Waals surface area contributed by atoms with Gasteiger partial charge in [0.2, 0.25) is 5.91 Å². The summed E-state index contributed by atoms with van der Waals surface area (Å²) < 4.78 is 7.16. The second-order valence-electron chi connectivity index (χ2n) is 4.16. The molecule has 0 aliphatic heterocycles. The molecule has 1 heterocycles. The van der Waals surface area contributed by atoms with Crippen LogP contribution in [0.3, 0.4) is 0 Å². The van der Waals surface area contributed by atoms with Gasteiger partial charge in [-0.1, -0.05) is 17.8 Å². The van der Waals surface area contributed by atoms with E-state index in [-0.39, 0.29) is 11.2 Å². The number of methoxy groups -OCH3 is 1. The van der Waals surface area contributed by atoms with Crippen molar-refractivity contribution in [2.75, 3.05) is 14.2 Å². The number of carbonyl (C=O) groups excluding carboxylic acids is 1. The van der Waals surface area contributed by atoms with Gasteiger partial charge in [-0.2, -0.15) is 0 Å². The maximum absolute atomic E-state index is 11.6. The molecule has 0 aliphatic carbocycles. The maximum atomic E-state index is 11.6. The molecular weight excluding hydrogens is 274 g/mol. The van der Waals surface area contributed by atoms with Gasteiger partial charge in [-0.25, -0.2) is 4.98 Å². The molecule has 0 aliphatic rings. The summed E-state index contributed by atoms with van der Waals surface area (Å²) in [5, 5.41) is 3.21. The van der Waals surface area contributed by atoms with Gasteiger partial charge in [0.05, 0.1) is 18.0 Å². The van der Waals surface area contributed by atoms with Gasteiger partial charge >= 0.3 is 0 Å². The van der Waals surface area contributed by atoms with Crippen LogP contribution in [-0.4, -0.2) is 34.9 Å². The van der Waals surface area contributed by atoms with Crippen molar-refractivity contribution in [3.63, 3.8) is 0 Å². The normalized spacial score (nSPS) is 11.9. The van der Waals surface area contributed by atoms with Gasteiger partial charge < -0.3 is 10.1 Å². The molecule has 1 aromatic heterocycles. The molecule has 1 amide bonds. The first-order valence-electron chi connectivity index (χ1n) is 6.21. The minimum atomic E-state index is -0.202. The van der Waals surface area contributed by atoms with Gasteiger partial charge in [0.1, 0.15) is 5.75 Å². The lowest BCUT2D eigenvalue weighted by Crippen LogP contribution is -2.27. The first-order chi connectivity index (χ1) is 9.65. The van der Waals surface area contributed by atoms with Crippen LogP contribution >= 0.6 is 11.8 Å². The summed E-state index contributed by atoms with van der Waals surface area (Å²) in [6, 6.07) is 7.71. The van der Waals surface area contributed by atoms with Gasteiger partial charge in [0, 0.05) is 25.5 Å². The van der Waals surface area contributed by atoms with E-state index in [9.17, 15) is 4.79 Å². The Morgan fingerprint density at radius 1 is 1.50 bits per heavy atom. The van der Waals surface area contributed by atoms with Gasteiger partial charge in [0.25, 0.3) is 0 Å². The number of nitrogens with one attached hydrogen (secondary N) is 1. The fourth-order valence-corrected chi connectivity index (χ4v) is 2.69. The van der Waals surface area contributed by atoms with Crippen LogP contribution in [0.4, 0.5) is 0 Å². The molecule has 0 fully saturated rings. The number of thioether (sulfide) groups is 1. The van der Waals surface area contributed by atoms with Crippen molar-refractivity contribution in [1.82, 2.24) is 14.9 Å². The molecule has 0 saturated heterocycles. The molecule has 0 radical (unpaired) electrons. The van der Waals surface area contributed by atoms with E-state index in [1.807, 2.05) is 42.0 Å². The summed E-state index contributed by atoms with van der Waals surface area (Å²) in [6.07, 6.45) is 3.59. The average Bonchev–Trinajstić information content (AvgIpc) is 2.94. The zero-order chi connectivity index (χ0) is 14.5. The quantitative estimate of drug-likeness (QED) is 0.857. The van der Waals surface area contributed by atoms with Crippen molar-refractivity contribution >= 4 is 17.7 Å². The van der Waals surface area contributed by atoms with E-state index in [1.54, 1.807) is 20.4 Å². The Morgan fingerprint density at radius 3 is 3.00 bits per heavy atom. The summed E-state index contributed by atoms with van der Waals surface area (Å²) in [5.41, 5.74) is 0.952. The summed E-state index contributed by atoms with van der Waals surface area (Å²) in [4.78, 5) is 15.9. The predicted octanol–water partition coefficient (Wildman–Crippen LogP) is 2.11. The zero-order valence-corrected chi connectivity index (χ0v) is 12.5. The molecule has 106 valence electrons. The number of nitrogens with zero attached hydrogens (tertiary/aromatic N) is 2. The number of hydrogen-bond donors (Lipinski definition) is 1. The molecule has 1 atom stereocenters. The fourth-order valence-electron chi connectivity index (χ4n) is 1.75. The first kappa shape index (κ1) is 14.5. The van der Waals surface area contributed by atoms with Crippen LogP contribution in [0.5, 0.6) is 5.75 Å². The first-order valence-corrected chi connectivity index (χ1v) is 7.09. The highest BCUT2D eigenvalue weighted by Crippen LogP contribution is 2.26. The number of amides is 1. The molecule has 1 aromatic carbocycles. The number of benzene rings is 1. The molecule has 0 spiro atoms. The van der Waals surface area contributed by atoms with Crippen LogP contribution in [0.25, 0.3) is 5.69 Å². The van der Waals surface area contributed by atoms with Crippen molar-refractivity contribution in [1.29, 1.82) is 0 Å². The van der Waals surface area contributed by atoms with Gasteiger partial charge in [-0.3, -0.25) is 9.36 Å². The number of rotatable bonds is 5. The Hall–Kier alpha value is -1.95. The van der Waals surface area contributed by atoms with Gasteiger partial charge in [-0.05, 0) is 19.1 Å². The van der Waals surface area contributed by atoms with Crippen molar-refractivity contribution in [3.05, 3.63) is 36.7 Å². The SMILES string of the molecule is CNC(=O)[C@H](C)Sc1nccn1-c1cccc(OC)c1. The molecule has 0 saturated carbocycles. The minimum absolute atomic E-state index is 0.0183. The molecule has 5 nitrogen and oxygen atoms in total. The predicted molar refractivity (Wildman–Crippen MR) is 79.5 cm³/mol. The Kier molecular flexibility index (Phi) is 4.68. The second kappa shape index (κ2) is 6.47. The van der Waals surface area contributed by atoms with Crippen LogP contribution in [-0.2, 0) is 4.79 Å². The fraction of sp³-hybridized carbons (Fsp3) is 0.286. The lowest BCUT2D eigenvalue weighted by Gasteiger charge is -2.12. The number of ether oxygens (including phenoxy) is 1. The summed E-state index contributed by atoms with van der Waals surface area (Å²) >= 11 is 1.42. The van der Waals surface area contributed by atoms with Crippen LogP contribution < -0.4 is 10.1 Å². The Bertz CT molecular complexity index is 598. The third kappa shape index (κ3) is 3.14. The molecule has 2 rings (SSSR count). The lowest BCUT2D eigenvalue weighted by atomic mass is 10.3. The molecule has 20 heavy (non-hydrogen) atoms. The zero-order valence-electron chi connectivity index (χ0n) is 11.7. The van der Waals surface area contributed by atoms with Crippen LogP contribution in [0.2, 0.25) is 0 Å². The van der Waals surface area contributed by atoms with E-state index in [1.165, 1.54) is 11.8 Å². The van der Waals surface area contributed by atoms with Gasteiger partial charge in [0.15, 0.2) is 5.16 Å². The highest BCUT2D eigenvalue weighted by atomic mass is 32.2. The number of hydrogen-bond acceptors (Lipinski definition) is 4. The standard InChI is InChI=1S/C14H17N3O2S/c1-10(13(18)15-2)20-14-16-7-8-17(14)11-5-4-6-12(9-11)19-3/h4-10H,1-3H3,(H,15,18)/t10-/m0/s1. The van der Waals surface area contributed by atoms with E-state index >= 15 is 0 Å². The molecule has 0 bridgehead atoms.